The normalized spacial score (nSPS) is 17.5. The molecule has 2 rings (SSSR count). The zero-order chi connectivity index (χ0) is 10.9. The van der Waals surface area contributed by atoms with Crippen LogP contribution in [0.25, 0.3) is 0 Å². The van der Waals surface area contributed by atoms with Gasteiger partial charge in [0.1, 0.15) is 0 Å². The Morgan fingerprint density at radius 1 is 1.67 bits per heavy atom. The Morgan fingerprint density at radius 2 is 2.40 bits per heavy atom. The quantitative estimate of drug-likeness (QED) is 0.688. The second kappa shape index (κ2) is 3.64. The van der Waals surface area contributed by atoms with E-state index in [0.29, 0.717) is 6.54 Å². The monoisotopic (exact) mass is 209 g/mol. The SMILES string of the molecule is CCc1cn(CC2(C(=O)OC)CC2)nn1. The lowest BCUT2D eigenvalue weighted by Crippen LogP contribution is -2.23. The highest BCUT2D eigenvalue weighted by molar-refractivity contribution is 5.79. The predicted molar refractivity (Wildman–Crippen MR) is 53.1 cm³/mol. The molecule has 0 atom stereocenters. The first-order valence-electron chi connectivity index (χ1n) is 5.17. The van der Waals surface area contributed by atoms with Crippen molar-refractivity contribution < 1.29 is 9.53 Å². The maximum Gasteiger partial charge on any atom is 0.313 e. The number of esters is 1. The van der Waals surface area contributed by atoms with E-state index in [4.69, 9.17) is 4.74 Å². The fraction of sp³-hybridized carbons (Fsp3) is 0.700. The molecule has 1 aromatic rings. The van der Waals surface area contributed by atoms with Gasteiger partial charge in [-0.1, -0.05) is 12.1 Å². The van der Waals surface area contributed by atoms with Gasteiger partial charge in [0.15, 0.2) is 0 Å². The van der Waals surface area contributed by atoms with Gasteiger partial charge in [-0.25, -0.2) is 0 Å². The summed E-state index contributed by atoms with van der Waals surface area (Å²) in [6.45, 7) is 2.62. The smallest absolute Gasteiger partial charge is 0.313 e. The fourth-order valence-electron chi connectivity index (χ4n) is 1.68. The highest BCUT2D eigenvalue weighted by Gasteiger charge is 2.51. The number of carbonyl (C=O) groups is 1. The third-order valence-electron chi connectivity index (χ3n) is 2.88. The summed E-state index contributed by atoms with van der Waals surface area (Å²) < 4.78 is 6.52. The molecule has 1 saturated carbocycles. The molecule has 1 aliphatic rings. The van der Waals surface area contributed by atoms with Gasteiger partial charge in [0.05, 0.1) is 24.8 Å². The number of methoxy groups -OCH3 is 1. The van der Waals surface area contributed by atoms with E-state index in [1.54, 1.807) is 4.68 Å². The topological polar surface area (TPSA) is 57.0 Å². The zero-order valence-electron chi connectivity index (χ0n) is 9.06. The van der Waals surface area contributed by atoms with Crippen LogP contribution >= 0.6 is 0 Å². The summed E-state index contributed by atoms with van der Waals surface area (Å²) in [4.78, 5) is 11.5. The van der Waals surface area contributed by atoms with E-state index in [-0.39, 0.29) is 11.4 Å². The van der Waals surface area contributed by atoms with Crippen LogP contribution in [-0.2, 0) is 22.5 Å². The van der Waals surface area contributed by atoms with E-state index < -0.39 is 0 Å². The molecule has 1 aromatic heterocycles. The van der Waals surface area contributed by atoms with Gasteiger partial charge in [0.2, 0.25) is 0 Å². The molecule has 0 bridgehead atoms. The molecule has 0 spiro atoms. The molecule has 5 nitrogen and oxygen atoms in total. The minimum absolute atomic E-state index is 0.129. The van der Waals surface area contributed by atoms with Crippen molar-refractivity contribution in [1.82, 2.24) is 15.0 Å². The average Bonchev–Trinajstić information content (AvgIpc) is 2.89. The van der Waals surface area contributed by atoms with Crippen molar-refractivity contribution in [2.24, 2.45) is 5.41 Å². The van der Waals surface area contributed by atoms with Gasteiger partial charge in [-0.15, -0.1) is 5.10 Å². The molecule has 1 aliphatic carbocycles. The Bertz CT molecular complexity index is 368. The van der Waals surface area contributed by atoms with Crippen molar-refractivity contribution in [3.05, 3.63) is 11.9 Å². The number of ether oxygens (including phenoxy) is 1. The van der Waals surface area contributed by atoms with Crippen molar-refractivity contribution in [1.29, 1.82) is 0 Å². The molecule has 0 saturated heterocycles. The molecule has 0 N–H and O–H groups in total. The number of rotatable bonds is 4. The molecular weight excluding hydrogens is 194 g/mol. The summed E-state index contributed by atoms with van der Waals surface area (Å²) in [5.74, 6) is -0.129. The third kappa shape index (κ3) is 1.86. The van der Waals surface area contributed by atoms with Crippen LogP contribution in [0.3, 0.4) is 0 Å². The van der Waals surface area contributed by atoms with Crippen LogP contribution in [0.5, 0.6) is 0 Å². The number of hydrogen-bond acceptors (Lipinski definition) is 4. The molecule has 0 amide bonds. The summed E-state index contributed by atoms with van der Waals surface area (Å²) in [5, 5.41) is 7.98. The Labute approximate surface area is 88.4 Å². The van der Waals surface area contributed by atoms with E-state index in [2.05, 4.69) is 10.3 Å². The van der Waals surface area contributed by atoms with Crippen LogP contribution in [-0.4, -0.2) is 28.1 Å². The van der Waals surface area contributed by atoms with E-state index in [0.717, 1.165) is 25.0 Å². The minimum atomic E-state index is -0.326. The molecule has 0 aliphatic heterocycles. The Kier molecular flexibility index (Phi) is 2.46. The summed E-state index contributed by atoms with van der Waals surface area (Å²) in [5.41, 5.74) is 0.628. The summed E-state index contributed by atoms with van der Waals surface area (Å²) in [6, 6.07) is 0. The van der Waals surface area contributed by atoms with Crippen LogP contribution in [0.1, 0.15) is 25.5 Å². The largest absolute Gasteiger partial charge is 0.469 e. The maximum atomic E-state index is 11.5. The second-order valence-electron chi connectivity index (χ2n) is 4.03. The van der Waals surface area contributed by atoms with Crippen molar-refractivity contribution in [3.63, 3.8) is 0 Å². The van der Waals surface area contributed by atoms with Gasteiger partial charge in [-0.3, -0.25) is 9.48 Å². The van der Waals surface area contributed by atoms with Crippen LogP contribution in [0.4, 0.5) is 0 Å². The summed E-state index contributed by atoms with van der Waals surface area (Å²) >= 11 is 0. The van der Waals surface area contributed by atoms with Gasteiger partial charge in [0.25, 0.3) is 0 Å². The van der Waals surface area contributed by atoms with Crippen LogP contribution in [0.2, 0.25) is 0 Å². The van der Waals surface area contributed by atoms with E-state index in [9.17, 15) is 4.79 Å². The van der Waals surface area contributed by atoms with Crippen LogP contribution < -0.4 is 0 Å². The van der Waals surface area contributed by atoms with Gasteiger partial charge in [-0.05, 0) is 19.3 Å². The van der Waals surface area contributed by atoms with Crippen molar-refractivity contribution in [3.8, 4) is 0 Å². The first-order chi connectivity index (χ1) is 7.20. The molecule has 0 unspecified atom stereocenters. The van der Waals surface area contributed by atoms with E-state index in [1.165, 1.54) is 7.11 Å². The molecule has 0 aromatic carbocycles. The molecule has 5 heteroatoms. The molecular formula is C10H15N3O2. The van der Waals surface area contributed by atoms with Crippen molar-refractivity contribution in [2.45, 2.75) is 32.7 Å². The standard InChI is InChI=1S/C10H15N3O2/c1-3-8-6-13(12-11-8)7-10(4-5-10)9(14)15-2/h6H,3-5,7H2,1-2H3. The van der Waals surface area contributed by atoms with Gasteiger partial charge < -0.3 is 4.74 Å². The molecule has 82 valence electrons. The molecule has 1 heterocycles. The number of aromatic nitrogens is 3. The van der Waals surface area contributed by atoms with Crippen LogP contribution in [0.15, 0.2) is 6.20 Å². The van der Waals surface area contributed by atoms with Gasteiger partial charge in [0, 0.05) is 6.20 Å². The lowest BCUT2D eigenvalue weighted by atomic mass is 10.1. The number of nitrogens with zero attached hydrogens (tertiary/aromatic N) is 3. The highest BCUT2D eigenvalue weighted by atomic mass is 16.5. The Hall–Kier alpha value is -1.39. The van der Waals surface area contributed by atoms with Gasteiger partial charge >= 0.3 is 5.97 Å². The maximum absolute atomic E-state index is 11.5. The number of hydrogen-bond donors (Lipinski definition) is 0. The first-order valence-corrected chi connectivity index (χ1v) is 5.17. The Morgan fingerprint density at radius 3 is 2.87 bits per heavy atom. The Balaban J connectivity index is 2.05. The minimum Gasteiger partial charge on any atom is -0.469 e. The van der Waals surface area contributed by atoms with Crippen molar-refractivity contribution >= 4 is 5.97 Å². The summed E-state index contributed by atoms with van der Waals surface area (Å²) in [6.07, 6.45) is 4.54. The lowest BCUT2D eigenvalue weighted by Gasteiger charge is -2.11. The number of carbonyl (C=O) groups excluding carboxylic acids is 1. The fourth-order valence-corrected chi connectivity index (χ4v) is 1.68. The third-order valence-corrected chi connectivity index (χ3v) is 2.88. The van der Waals surface area contributed by atoms with Crippen molar-refractivity contribution in [2.75, 3.05) is 7.11 Å². The second-order valence-corrected chi connectivity index (χ2v) is 4.03. The average molecular weight is 209 g/mol. The van der Waals surface area contributed by atoms with E-state index >= 15 is 0 Å². The molecule has 15 heavy (non-hydrogen) atoms. The lowest BCUT2D eigenvalue weighted by molar-refractivity contribution is -0.147. The van der Waals surface area contributed by atoms with Gasteiger partial charge in [-0.2, -0.15) is 0 Å². The number of aryl methyl sites for hydroxylation is 1. The molecule has 1 fully saturated rings. The predicted octanol–water partition coefficient (Wildman–Crippen LogP) is 0.794. The summed E-state index contributed by atoms with van der Waals surface area (Å²) in [7, 11) is 1.43. The van der Waals surface area contributed by atoms with E-state index in [1.807, 2.05) is 13.1 Å². The highest BCUT2D eigenvalue weighted by Crippen LogP contribution is 2.47. The first kappa shape index (κ1) is 10.1. The zero-order valence-corrected chi connectivity index (χ0v) is 9.06. The van der Waals surface area contributed by atoms with Crippen LogP contribution in [0, 0.1) is 5.41 Å². The molecule has 0 radical (unpaired) electrons.